The third-order valence-corrected chi connectivity index (χ3v) is 2.43. The van der Waals surface area contributed by atoms with Gasteiger partial charge < -0.3 is 0 Å². The Bertz CT molecular complexity index is 523. The second-order valence-electron chi connectivity index (χ2n) is 4.89. The summed E-state index contributed by atoms with van der Waals surface area (Å²) >= 11 is 0. The summed E-state index contributed by atoms with van der Waals surface area (Å²) in [4.78, 5) is 20.5. The molecule has 0 saturated carbocycles. The Hall–Kier alpha value is -1.97. The van der Waals surface area contributed by atoms with E-state index in [2.05, 4.69) is 9.97 Å². The van der Waals surface area contributed by atoms with E-state index in [0.717, 1.165) is 0 Å². The Balaban J connectivity index is 2.46. The molecule has 0 saturated heterocycles. The van der Waals surface area contributed by atoms with Crippen molar-refractivity contribution in [1.82, 2.24) is 14.5 Å². The van der Waals surface area contributed by atoms with Crippen LogP contribution in [0.3, 0.4) is 0 Å². The quantitative estimate of drug-likeness (QED) is 0.743. The largest absolute Gasteiger partial charge is 0.292 e. The van der Waals surface area contributed by atoms with Gasteiger partial charge in [0.15, 0.2) is 5.78 Å². The Labute approximate surface area is 100 Å². The Morgan fingerprint density at radius 1 is 1.18 bits per heavy atom. The van der Waals surface area contributed by atoms with Crippen molar-refractivity contribution in [1.29, 1.82) is 0 Å². The molecule has 2 rings (SSSR count). The van der Waals surface area contributed by atoms with Gasteiger partial charge in [-0.05, 0) is 18.2 Å². The van der Waals surface area contributed by atoms with Crippen LogP contribution in [0.2, 0.25) is 0 Å². The van der Waals surface area contributed by atoms with Gasteiger partial charge in [0.05, 0.1) is 5.69 Å². The van der Waals surface area contributed by atoms with Crippen molar-refractivity contribution in [3.8, 4) is 5.95 Å². The summed E-state index contributed by atoms with van der Waals surface area (Å²) < 4.78 is 1.72. The minimum atomic E-state index is -0.412. The standard InChI is InChI=1S/C13H15N3O/c1-13(2,3)11(17)10-6-4-9-16(10)12-14-7-5-8-15-12/h4-9H,1-3H3. The predicted octanol–water partition coefficient (Wildman–Crippen LogP) is 2.50. The molecular weight excluding hydrogens is 214 g/mol. The first-order chi connectivity index (χ1) is 8.00. The summed E-state index contributed by atoms with van der Waals surface area (Å²) in [5, 5.41) is 0. The van der Waals surface area contributed by atoms with Gasteiger partial charge in [-0.15, -0.1) is 0 Å². The lowest BCUT2D eigenvalue weighted by Crippen LogP contribution is -2.23. The summed E-state index contributed by atoms with van der Waals surface area (Å²) in [6.07, 6.45) is 5.12. The smallest absolute Gasteiger partial charge is 0.234 e. The van der Waals surface area contributed by atoms with Crippen LogP contribution in [0.15, 0.2) is 36.8 Å². The molecule has 0 aliphatic rings. The molecule has 0 spiro atoms. The minimum absolute atomic E-state index is 0.0787. The molecule has 0 aromatic carbocycles. The molecule has 0 unspecified atom stereocenters. The summed E-state index contributed by atoms with van der Waals surface area (Å²) in [6, 6.07) is 5.37. The SMILES string of the molecule is CC(C)(C)C(=O)c1cccn1-c1ncccn1. The molecule has 88 valence electrons. The number of carbonyl (C=O) groups excluding carboxylic acids is 1. The van der Waals surface area contributed by atoms with Gasteiger partial charge in [0.25, 0.3) is 0 Å². The molecule has 2 aromatic heterocycles. The van der Waals surface area contributed by atoms with E-state index in [1.54, 1.807) is 35.3 Å². The van der Waals surface area contributed by atoms with Crippen molar-refractivity contribution >= 4 is 5.78 Å². The third-order valence-electron chi connectivity index (χ3n) is 2.43. The molecule has 0 aliphatic heterocycles. The van der Waals surface area contributed by atoms with Crippen LogP contribution in [0.5, 0.6) is 0 Å². The van der Waals surface area contributed by atoms with Gasteiger partial charge >= 0.3 is 0 Å². The van der Waals surface area contributed by atoms with Gasteiger partial charge in [-0.1, -0.05) is 20.8 Å². The lowest BCUT2D eigenvalue weighted by molar-refractivity contribution is 0.0850. The zero-order valence-electron chi connectivity index (χ0n) is 10.2. The van der Waals surface area contributed by atoms with Gasteiger partial charge in [-0.3, -0.25) is 9.36 Å². The van der Waals surface area contributed by atoms with Crippen LogP contribution in [0, 0.1) is 5.41 Å². The molecule has 0 bridgehead atoms. The summed E-state index contributed by atoms with van der Waals surface area (Å²) in [6.45, 7) is 5.70. The Morgan fingerprint density at radius 3 is 2.41 bits per heavy atom. The number of carbonyl (C=O) groups is 1. The summed E-state index contributed by atoms with van der Waals surface area (Å²) in [5.41, 5.74) is 0.203. The molecule has 2 aromatic rings. The van der Waals surface area contributed by atoms with Gasteiger partial charge in [0.2, 0.25) is 5.95 Å². The van der Waals surface area contributed by atoms with Gasteiger partial charge in [0.1, 0.15) is 0 Å². The average Bonchev–Trinajstić information content (AvgIpc) is 2.76. The highest BCUT2D eigenvalue weighted by Crippen LogP contribution is 2.22. The predicted molar refractivity (Wildman–Crippen MR) is 65.1 cm³/mol. The highest BCUT2D eigenvalue weighted by molar-refractivity contribution is 5.98. The fraction of sp³-hybridized carbons (Fsp3) is 0.308. The summed E-state index contributed by atoms with van der Waals surface area (Å²) in [7, 11) is 0. The molecule has 0 radical (unpaired) electrons. The first-order valence-corrected chi connectivity index (χ1v) is 5.50. The normalized spacial score (nSPS) is 11.5. The molecule has 17 heavy (non-hydrogen) atoms. The van der Waals surface area contributed by atoms with Crippen molar-refractivity contribution in [3.63, 3.8) is 0 Å². The van der Waals surface area contributed by atoms with Gasteiger partial charge in [0, 0.05) is 24.0 Å². The molecule has 0 atom stereocenters. The van der Waals surface area contributed by atoms with Crippen LogP contribution >= 0.6 is 0 Å². The van der Waals surface area contributed by atoms with Crippen molar-refractivity contribution in [2.24, 2.45) is 5.41 Å². The van der Waals surface area contributed by atoms with E-state index < -0.39 is 5.41 Å². The molecular formula is C13H15N3O. The van der Waals surface area contributed by atoms with E-state index in [-0.39, 0.29) is 5.78 Å². The number of nitrogens with zero attached hydrogens (tertiary/aromatic N) is 3. The van der Waals surface area contributed by atoms with Crippen LogP contribution in [0.4, 0.5) is 0 Å². The molecule has 0 amide bonds. The number of hydrogen-bond donors (Lipinski definition) is 0. The summed E-state index contributed by atoms with van der Waals surface area (Å²) in [5.74, 6) is 0.597. The maximum atomic E-state index is 12.2. The van der Waals surface area contributed by atoms with E-state index in [9.17, 15) is 4.79 Å². The molecule has 0 aliphatic carbocycles. The van der Waals surface area contributed by atoms with E-state index in [1.165, 1.54) is 0 Å². The number of ketones is 1. The average molecular weight is 229 g/mol. The second kappa shape index (κ2) is 4.13. The second-order valence-corrected chi connectivity index (χ2v) is 4.89. The van der Waals surface area contributed by atoms with Gasteiger partial charge in [-0.2, -0.15) is 0 Å². The molecule has 0 fully saturated rings. The zero-order valence-corrected chi connectivity index (χ0v) is 10.2. The topological polar surface area (TPSA) is 47.8 Å². The molecule has 0 N–H and O–H groups in total. The van der Waals surface area contributed by atoms with E-state index >= 15 is 0 Å². The fourth-order valence-electron chi connectivity index (χ4n) is 1.54. The lowest BCUT2D eigenvalue weighted by atomic mass is 9.89. The maximum absolute atomic E-state index is 12.2. The molecule has 4 nitrogen and oxygen atoms in total. The van der Waals surface area contributed by atoms with Crippen LogP contribution in [0.25, 0.3) is 5.95 Å². The first-order valence-electron chi connectivity index (χ1n) is 5.50. The molecule has 4 heteroatoms. The van der Waals surface area contributed by atoms with E-state index in [0.29, 0.717) is 11.6 Å². The maximum Gasteiger partial charge on any atom is 0.234 e. The zero-order chi connectivity index (χ0) is 12.5. The third kappa shape index (κ3) is 2.25. The Kier molecular flexibility index (Phi) is 2.79. The number of aromatic nitrogens is 3. The number of hydrogen-bond acceptors (Lipinski definition) is 3. The van der Waals surface area contributed by atoms with Crippen molar-refractivity contribution in [2.75, 3.05) is 0 Å². The van der Waals surface area contributed by atoms with Crippen molar-refractivity contribution in [2.45, 2.75) is 20.8 Å². The number of Topliss-reactive ketones (excluding diaryl/α,β-unsaturated/α-hetero) is 1. The molecule has 2 heterocycles. The van der Waals surface area contributed by atoms with Crippen LogP contribution < -0.4 is 0 Å². The van der Waals surface area contributed by atoms with E-state index in [4.69, 9.17) is 0 Å². The van der Waals surface area contributed by atoms with Crippen LogP contribution in [-0.2, 0) is 0 Å². The highest BCUT2D eigenvalue weighted by atomic mass is 16.1. The monoisotopic (exact) mass is 229 g/mol. The lowest BCUT2D eigenvalue weighted by Gasteiger charge is -2.17. The highest BCUT2D eigenvalue weighted by Gasteiger charge is 2.25. The van der Waals surface area contributed by atoms with Crippen LogP contribution in [-0.4, -0.2) is 20.3 Å². The minimum Gasteiger partial charge on any atom is -0.292 e. The van der Waals surface area contributed by atoms with Crippen molar-refractivity contribution in [3.05, 3.63) is 42.5 Å². The fourth-order valence-corrected chi connectivity index (χ4v) is 1.54. The van der Waals surface area contributed by atoms with Crippen molar-refractivity contribution < 1.29 is 4.79 Å². The Morgan fingerprint density at radius 2 is 1.82 bits per heavy atom. The first kappa shape index (κ1) is 11.5. The van der Waals surface area contributed by atoms with Crippen LogP contribution in [0.1, 0.15) is 31.3 Å². The van der Waals surface area contributed by atoms with Gasteiger partial charge in [-0.25, -0.2) is 9.97 Å². The van der Waals surface area contributed by atoms with E-state index in [1.807, 2.05) is 26.8 Å². The number of rotatable bonds is 2.